The van der Waals surface area contributed by atoms with Crippen LogP contribution in [0.15, 0.2) is 12.3 Å². The molecule has 0 unspecified atom stereocenters. The summed E-state index contributed by atoms with van der Waals surface area (Å²) in [6, 6.07) is 2.87. The van der Waals surface area contributed by atoms with Gasteiger partial charge >= 0.3 is 0 Å². The number of hydrogen-bond acceptors (Lipinski definition) is 3. The summed E-state index contributed by atoms with van der Waals surface area (Å²) in [6.07, 6.45) is 4.52. The molecule has 1 aliphatic carbocycles. The van der Waals surface area contributed by atoms with Crippen molar-refractivity contribution in [3.05, 3.63) is 23.4 Å². The third kappa shape index (κ3) is 2.23. The van der Waals surface area contributed by atoms with Crippen LogP contribution < -0.4 is 10.6 Å². The quantitative estimate of drug-likeness (QED) is 0.760. The molecule has 0 atom stereocenters. The Bertz CT molecular complexity index is 318. The molecule has 0 aromatic carbocycles. The van der Waals surface area contributed by atoms with E-state index in [0.717, 1.165) is 12.4 Å². The summed E-state index contributed by atoms with van der Waals surface area (Å²) in [4.78, 5) is 4.43. The van der Waals surface area contributed by atoms with Crippen LogP contribution in [0.5, 0.6) is 0 Å². The zero-order valence-electron chi connectivity index (χ0n) is 8.80. The van der Waals surface area contributed by atoms with Crippen molar-refractivity contribution in [2.75, 3.05) is 12.4 Å². The molecule has 1 aliphatic rings. The first-order valence-corrected chi connectivity index (χ1v) is 5.16. The van der Waals surface area contributed by atoms with Gasteiger partial charge in [-0.25, -0.2) is 4.98 Å². The van der Waals surface area contributed by atoms with E-state index in [-0.39, 0.29) is 0 Å². The van der Waals surface area contributed by atoms with E-state index in [9.17, 15) is 0 Å². The average molecular weight is 191 g/mol. The monoisotopic (exact) mass is 191 g/mol. The average Bonchev–Trinajstić information content (AvgIpc) is 2.94. The summed E-state index contributed by atoms with van der Waals surface area (Å²) in [5.74, 6) is 1.05. The number of nitrogens with zero attached hydrogens (tertiary/aromatic N) is 1. The molecule has 0 radical (unpaired) electrons. The predicted molar refractivity (Wildman–Crippen MR) is 58.4 cm³/mol. The highest BCUT2D eigenvalue weighted by molar-refractivity contribution is 5.46. The lowest BCUT2D eigenvalue weighted by Crippen LogP contribution is -2.08. The van der Waals surface area contributed by atoms with Crippen molar-refractivity contribution in [2.24, 2.45) is 0 Å². The molecule has 3 nitrogen and oxygen atoms in total. The molecule has 1 saturated carbocycles. The Morgan fingerprint density at radius 3 is 2.86 bits per heavy atom. The molecule has 0 saturated heterocycles. The smallest absolute Gasteiger partial charge is 0.129 e. The first kappa shape index (κ1) is 9.46. The van der Waals surface area contributed by atoms with Crippen LogP contribution in [0.25, 0.3) is 0 Å². The van der Waals surface area contributed by atoms with Crippen LogP contribution in [0.4, 0.5) is 5.82 Å². The van der Waals surface area contributed by atoms with E-state index < -0.39 is 0 Å². The minimum atomic E-state index is 0.677. The standard InChI is InChI=1S/C11H17N3/c1-8-5-9(6-12-2)7-13-11(8)14-10-3-4-10/h5,7,10,12H,3-4,6H2,1-2H3,(H,13,14). The first-order valence-electron chi connectivity index (χ1n) is 5.16. The second-order valence-electron chi connectivity index (χ2n) is 3.96. The van der Waals surface area contributed by atoms with Gasteiger partial charge in [-0.15, -0.1) is 0 Å². The van der Waals surface area contributed by atoms with E-state index in [1.165, 1.54) is 24.0 Å². The summed E-state index contributed by atoms with van der Waals surface area (Å²) in [5.41, 5.74) is 2.48. The lowest BCUT2D eigenvalue weighted by Gasteiger charge is -2.08. The Morgan fingerprint density at radius 1 is 1.50 bits per heavy atom. The molecule has 1 fully saturated rings. The van der Waals surface area contributed by atoms with Gasteiger partial charge in [0.05, 0.1) is 0 Å². The molecule has 3 heteroatoms. The van der Waals surface area contributed by atoms with Crippen LogP contribution in [0.3, 0.4) is 0 Å². The van der Waals surface area contributed by atoms with Gasteiger partial charge in [0.2, 0.25) is 0 Å². The third-order valence-electron chi connectivity index (χ3n) is 2.43. The van der Waals surface area contributed by atoms with Gasteiger partial charge in [-0.1, -0.05) is 0 Å². The van der Waals surface area contributed by atoms with Crippen molar-refractivity contribution >= 4 is 5.82 Å². The molecule has 1 heterocycles. The van der Waals surface area contributed by atoms with Crippen molar-refractivity contribution < 1.29 is 0 Å². The van der Waals surface area contributed by atoms with E-state index in [4.69, 9.17) is 0 Å². The molecule has 2 N–H and O–H groups in total. The highest BCUT2D eigenvalue weighted by Crippen LogP contribution is 2.25. The zero-order valence-corrected chi connectivity index (χ0v) is 8.80. The molecule has 0 amide bonds. The van der Waals surface area contributed by atoms with Crippen LogP contribution in [0.1, 0.15) is 24.0 Å². The molecular formula is C11H17N3. The second-order valence-corrected chi connectivity index (χ2v) is 3.96. The highest BCUT2D eigenvalue weighted by atomic mass is 15.0. The number of anilines is 1. The van der Waals surface area contributed by atoms with E-state index >= 15 is 0 Å². The van der Waals surface area contributed by atoms with Crippen molar-refractivity contribution in [3.63, 3.8) is 0 Å². The Morgan fingerprint density at radius 2 is 2.29 bits per heavy atom. The lowest BCUT2D eigenvalue weighted by atomic mass is 10.2. The van der Waals surface area contributed by atoms with E-state index in [2.05, 4.69) is 28.6 Å². The van der Waals surface area contributed by atoms with E-state index in [1.54, 1.807) is 0 Å². The molecule has 1 aromatic heterocycles. The van der Waals surface area contributed by atoms with E-state index in [1.807, 2.05) is 13.2 Å². The topological polar surface area (TPSA) is 37.0 Å². The molecule has 76 valence electrons. The van der Waals surface area contributed by atoms with Gasteiger partial charge in [0, 0.05) is 18.8 Å². The predicted octanol–water partition coefficient (Wildman–Crippen LogP) is 1.68. The Balaban J connectivity index is 2.09. The molecule has 1 aromatic rings. The minimum Gasteiger partial charge on any atom is -0.367 e. The van der Waals surface area contributed by atoms with Gasteiger partial charge in [-0.3, -0.25) is 0 Å². The molecular weight excluding hydrogens is 174 g/mol. The third-order valence-corrected chi connectivity index (χ3v) is 2.43. The van der Waals surface area contributed by atoms with Crippen LogP contribution in [0, 0.1) is 6.92 Å². The fourth-order valence-electron chi connectivity index (χ4n) is 1.51. The Labute approximate surface area is 84.9 Å². The molecule has 2 rings (SSSR count). The second kappa shape index (κ2) is 3.96. The van der Waals surface area contributed by atoms with Crippen molar-refractivity contribution in [1.29, 1.82) is 0 Å². The maximum atomic E-state index is 4.43. The van der Waals surface area contributed by atoms with Crippen LogP contribution in [0.2, 0.25) is 0 Å². The molecule has 14 heavy (non-hydrogen) atoms. The normalized spacial score (nSPS) is 15.6. The number of nitrogens with one attached hydrogen (secondary N) is 2. The van der Waals surface area contributed by atoms with Crippen LogP contribution in [-0.2, 0) is 6.54 Å². The molecule has 0 aliphatic heterocycles. The zero-order chi connectivity index (χ0) is 9.97. The van der Waals surface area contributed by atoms with Gasteiger partial charge in [-0.05, 0) is 44.0 Å². The van der Waals surface area contributed by atoms with Gasteiger partial charge in [0.1, 0.15) is 5.82 Å². The van der Waals surface area contributed by atoms with Gasteiger partial charge in [-0.2, -0.15) is 0 Å². The minimum absolute atomic E-state index is 0.677. The maximum absolute atomic E-state index is 4.43. The summed E-state index contributed by atoms with van der Waals surface area (Å²) >= 11 is 0. The van der Waals surface area contributed by atoms with Crippen molar-refractivity contribution in [3.8, 4) is 0 Å². The highest BCUT2D eigenvalue weighted by Gasteiger charge is 2.21. The van der Waals surface area contributed by atoms with Gasteiger partial charge < -0.3 is 10.6 Å². The largest absolute Gasteiger partial charge is 0.367 e. The number of pyridine rings is 1. The number of aryl methyl sites for hydroxylation is 1. The molecule has 0 spiro atoms. The number of hydrogen-bond donors (Lipinski definition) is 2. The molecule has 0 bridgehead atoms. The van der Waals surface area contributed by atoms with E-state index in [0.29, 0.717) is 6.04 Å². The number of rotatable bonds is 4. The number of aromatic nitrogens is 1. The van der Waals surface area contributed by atoms with Gasteiger partial charge in [0.15, 0.2) is 0 Å². The lowest BCUT2D eigenvalue weighted by molar-refractivity contribution is 0.812. The summed E-state index contributed by atoms with van der Waals surface area (Å²) in [7, 11) is 1.95. The SMILES string of the molecule is CNCc1cnc(NC2CC2)c(C)c1. The Hall–Kier alpha value is -1.09. The van der Waals surface area contributed by atoms with Crippen LogP contribution in [-0.4, -0.2) is 18.1 Å². The Kier molecular flexibility index (Phi) is 2.68. The van der Waals surface area contributed by atoms with Gasteiger partial charge in [0.25, 0.3) is 0 Å². The summed E-state index contributed by atoms with van der Waals surface area (Å²) in [6.45, 7) is 2.99. The maximum Gasteiger partial charge on any atom is 0.129 e. The van der Waals surface area contributed by atoms with Crippen molar-refractivity contribution in [1.82, 2.24) is 10.3 Å². The van der Waals surface area contributed by atoms with Crippen molar-refractivity contribution in [2.45, 2.75) is 32.4 Å². The summed E-state index contributed by atoms with van der Waals surface area (Å²) in [5, 5.41) is 6.55. The summed E-state index contributed by atoms with van der Waals surface area (Å²) < 4.78 is 0. The fraction of sp³-hybridized carbons (Fsp3) is 0.545. The van der Waals surface area contributed by atoms with Crippen LogP contribution >= 0.6 is 0 Å². The first-order chi connectivity index (χ1) is 6.79. The fourth-order valence-corrected chi connectivity index (χ4v) is 1.51.